The molecule has 0 N–H and O–H groups in total. The highest BCUT2D eigenvalue weighted by molar-refractivity contribution is 5.22. The quantitative estimate of drug-likeness (QED) is 0.626. The second-order valence-corrected chi connectivity index (χ2v) is 5.53. The van der Waals surface area contributed by atoms with Crippen molar-refractivity contribution in [1.82, 2.24) is 4.90 Å². The van der Waals surface area contributed by atoms with Gasteiger partial charge in [-0.15, -0.1) is 0 Å². The van der Waals surface area contributed by atoms with E-state index in [0.717, 1.165) is 18.4 Å². The molecule has 1 rings (SSSR count). The van der Waals surface area contributed by atoms with Crippen LogP contribution in [-0.2, 0) is 0 Å². The number of hydrogen-bond donors (Lipinski definition) is 0. The van der Waals surface area contributed by atoms with Gasteiger partial charge in [-0.1, -0.05) is 45.2 Å². The first-order valence-electron chi connectivity index (χ1n) is 6.82. The van der Waals surface area contributed by atoms with Gasteiger partial charge in [0, 0.05) is 6.54 Å². The van der Waals surface area contributed by atoms with Crippen molar-refractivity contribution in [1.29, 1.82) is 0 Å². The molecule has 0 spiro atoms. The molecule has 1 nitrogen and oxygen atoms in total. The fourth-order valence-corrected chi connectivity index (χ4v) is 2.64. The van der Waals surface area contributed by atoms with Crippen molar-refractivity contribution in [3.8, 4) is 0 Å². The predicted molar refractivity (Wildman–Crippen MR) is 77.1 cm³/mol. The lowest BCUT2D eigenvalue weighted by atomic mass is 9.88. The van der Waals surface area contributed by atoms with Crippen LogP contribution in [0.3, 0.4) is 0 Å². The molecule has 1 heterocycles. The lowest BCUT2D eigenvalue weighted by Crippen LogP contribution is -2.35. The zero-order valence-electron chi connectivity index (χ0n) is 11.5. The molecule has 0 aliphatic carbocycles. The van der Waals surface area contributed by atoms with E-state index in [0.29, 0.717) is 0 Å². The number of hydrogen-bond acceptors (Lipinski definition) is 1. The third-order valence-corrected chi connectivity index (χ3v) is 3.51. The van der Waals surface area contributed by atoms with E-state index in [-0.39, 0.29) is 0 Å². The van der Waals surface area contributed by atoms with Crippen LogP contribution in [0.15, 0.2) is 37.0 Å². The number of likely N-dealkylation sites (tertiary alicyclic amines) is 1. The Labute approximate surface area is 107 Å². The summed E-state index contributed by atoms with van der Waals surface area (Å²) in [5, 5.41) is 0. The highest BCUT2D eigenvalue weighted by Crippen LogP contribution is 2.24. The van der Waals surface area contributed by atoms with Crippen LogP contribution < -0.4 is 0 Å². The summed E-state index contributed by atoms with van der Waals surface area (Å²) in [5.74, 6) is 1.79. The van der Waals surface area contributed by atoms with Crippen LogP contribution in [0.1, 0.15) is 33.1 Å². The molecule has 0 aromatic heterocycles. The summed E-state index contributed by atoms with van der Waals surface area (Å²) in [6.45, 7) is 15.8. The summed E-state index contributed by atoms with van der Waals surface area (Å²) < 4.78 is 0. The van der Waals surface area contributed by atoms with E-state index in [1.54, 1.807) is 0 Å². The molecule has 1 saturated heterocycles. The molecule has 0 bridgehead atoms. The van der Waals surface area contributed by atoms with E-state index in [9.17, 15) is 0 Å². The molecule has 0 aromatic carbocycles. The lowest BCUT2D eigenvalue weighted by molar-refractivity contribution is 0.183. The molecule has 1 fully saturated rings. The molecule has 0 amide bonds. The molecule has 0 saturated carbocycles. The molecule has 1 aliphatic rings. The van der Waals surface area contributed by atoms with Gasteiger partial charge in [-0.05, 0) is 49.8 Å². The van der Waals surface area contributed by atoms with Crippen LogP contribution in [-0.4, -0.2) is 24.5 Å². The normalized spacial score (nSPS) is 19.6. The van der Waals surface area contributed by atoms with Crippen molar-refractivity contribution < 1.29 is 0 Å². The van der Waals surface area contributed by atoms with Crippen LogP contribution in [0.4, 0.5) is 0 Å². The van der Waals surface area contributed by atoms with Gasteiger partial charge in [0.25, 0.3) is 0 Å². The minimum Gasteiger partial charge on any atom is -0.299 e. The highest BCUT2D eigenvalue weighted by Gasteiger charge is 2.19. The molecule has 0 aromatic rings. The number of rotatable bonds is 6. The monoisotopic (exact) mass is 233 g/mol. The van der Waals surface area contributed by atoms with Gasteiger partial charge in [0.1, 0.15) is 0 Å². The summed E-state index contributed by atoms with van der Waals surface area (Å²) >= 11 is 0. The average Bonchev–Trinajstić information content (AvgIpc) is 2.30. The predicted octanol–water partition coefficient (Wildman–Crippen LogP) is 4.04. The number of allylic oxidation sites excluding steroid dienone is 2. The SMILES string of the molecule is C=C/C=C(\C=C)CN1CCC(CC(C)C)CC1. The molecular weight excluding hydrogens is 206 g/mol. The Kier molecular flexibility index (Phi) is 6.28. The largest absolute Gasteiger partial charge is 0.299 e. The van der Waals surface area contributed by atoms with E-state index < -0.39 is 0 Å². The van der Waals surface area contributed by atoms with Crippen molar-refractivity contribution in [2.75, 3.05) is 19.6 Å². The molecular formula is C16H27N. The zero-order valence-corrected chi connectivity index (χ0v) is 11.5. The van der Waals surface area contributed by atoms with Crippen molar-refractivity contribution >= 4 is 0 Å². The Hall–Kier alpha value is -0.820. The van der Waals surface area contributed by atoms with Crippen LogP contribution in [0.25, 0.3) is 0 Å². The van der Waals surface area contributed by atoms with Gasteiger partial charge in [-0.3, -0.25) is 4.90 Å². The lowest BCUT2D eigenvalue weighted by Gasteiger charge is -2.32. The molecule has 0 radical (unpaired) electrons. The maximum Gasteiger partial charge on any atom is 0.0233 e. The van der Waals surface area contributed by atoms with Crippen molar-refractivity contribution in [2.24, 2.45) is 11.8 Å². The number of nitrogens with zero attached hydrogens (tertiary/aromatic N) is 1. The summed E-state index contributed by atoms with van der Waals surface area (Å²) in [5.41, 5.74) is 1.28. The first-order valence-corrected chi connectivity index (χ1v) is 6.82. The van der Waals surface area contributed by atoms with Crippen molar-refractivity contribution in [2.45, 2.75) is 33.1 Å². The van der Waals surface area contributed by atoms with Gasteiger partial charge < -0.3 is 0 Å². The van der Waals surface area contributed by atoms with E-state index in [2.05, 4.69) is 38.0 Å². The summed E-state index contributed by atoms with van der Waals surface area (Å²) in [4.78, 5) is 2.54. The third-order valence-electron chi connectivity index (χ3n) is 3.51. The molecule has 0 atom stereocenters. The van der Waals surface area contributed by atoms with E-state index >= 15 is 0 Å². The van der Waals surface area contributed by atoms with E-state index in [1.807, 2.05) is 12.2 Å². The van der Waals surface area contributed by atoms with Crippen LogP contribution in [0.2, 0.25) is 0 Å². The zero-order chi connectivity index (χ0) is 12.7. The van der Waals surface area contributed by atoms with Crippen molar-refractivity contribution in [3.63, 3.8) is 0 Å². The smallest absolute Gasteiger partial charge is 0.0233 e. The topological polar surface area (TPSA) is 3.24 Å². The minimum atomic E-state index is 0.843. The average molecular weight is 233 g/mol. The van der Waals surface area contributed by atoms with Gasteiger partial charge >= 0.3 is 0 Å². The molecule has 1 aliphatic heterocycles. The molecule has 1 heteroatoms. The van der Waals surface area contributed by atoms with Gasteiger partial charge in [0.15, 0.2) is 0 Å². The standard InChI is InChI=1S/C16H27N/c1-5-7-15(6-2)13-17-10-8-16(9-11-17)12-14(3)4/h5-7,14,16H,1-2,8-13H2,3-4H3/b15-7+. The second kappa shape index (κ2) is 7.50. The Morgan fingerprint density at radius 3 is 2.41 bits per heavy atom. The summed E-state index contributed by atoms with van der Waals surface area (Å²) in [7, 11) is 0. The third kappa shape index (κ3) is 5.36. The number of piperidine rings is 1. The maximum absolute atomic E-state index is 3.86. The van der Waals surface area contributed by atoms with E-state index in [4.69, 9.17) is 0 Å². The van der Waals surface area contributed by atoms with Gasteiger partial charge in [-0.2, -0.15) is 0 Å². The summed E-state index contributed by atoms with van der Waals surface area (Å²) in [6.07, 6.45) is 9.97. The Balaban J connectivity index is 2.34. The maximum atomic E-state index is 3.86. The Morgan fingerprint density at radius 1 is 1.29 bits per heavy atom. The first kappa shape index (κ1) is 14.2. The first-order chi connectivity index (χ1) is 8.15. The van der Waals surface area contributed by atoms with Crippen LogP contribution in [0, 0.1) is 11.8 Å². The minimum absolute atomic E-state index is 0.843. The van der Waals surface area contributed by atoms with Crippen LogP contribution in [0.5, 0.6) is 0 Å². The Morgan fingerprint density at radius 2 is 1.94 bits per heavy atom. The second-order valence-electron chi connectivity index (χ2n) is 5.53. The summed E-state index contributed by atoms with van der Waals surface area (Å²) in [6, 6.07) is 0. The highest BCUT2D eigenvalue weighted by atomic mass is 15.1. The molecule has 96 valence electrons. The van der Waals surface area contributed by atoms with Crippen molar-refractivity contribution in [3.05, 3.63) is 37.0 Å². The molecule has 0 unspecified atom stereocenters. The fraction of sp³-hybridized carbons (Fsp3) is 0.625. The van der Waals surface area contributed by atoms with Gasteiger partial charge in [-0.25, -0.2) is 0 Å². The van der Waals surface area contributed by atoms with Gasteiger partial charge in [0.05, 0.1) is 0 Å². The van der Waals surface area contributed by atoms with Crippen LogP contribution >= 0.6 is 0 Å². The molecule has 17 heavy (non-hydrogen) atoms. The van der Waals surface area contributed by atoms with E-state index in [1.165, 1.54) is 37.9 Å². The Bertz CT molecular complexity index is 267. The fourth-order valence-electron chi connectivity index (χ4n) is 2.64. The van der Waals surface area contributed by atoms with Gasteiger partial charge in [0.2, 0.25) is 0 Å².